The molecule has 0 saturated heterocycles. The highest BCUT2D eigenvalue weighted by Crippen LogP contribution is 2.32. The molecule has 0 aliphatic rings. The van der Waals surface area contributed by atoms with E-state index in [1.165, 1.54) is 30.1 Å². The summed E-state index contributed by atoms with van der Waals surface area (Å²) in [4.78, 5) is 22.5. The number of rotatable bonds is 9. The van der Waals surface area contributed by atoms with Crippen LogP contribution in [0.25, 0.3) is 5.78 Å². The molecule has 3 rings (SSSR count). The molecular formula is C19H23F3N8OS. The minimum atomic E-state index is -4.48. The number of halogens is 3. The molecule has 13 heteroatoms. The first-order chi connectivity index (χ1) is 15.2. The number of nitrogens with one attached hydrogen (secondary N) is 2. The number of thioether (sulfide) groups is 1. The van der Waals surface area contributed by atoms with Crippen LogP contribution in [0.2, 0.25) is 0 Å². The SMILES string of the molecule is CCNc1nc(NCC)n2c(SCC(=O)N(C)Cc3ccccc3C(F)(F)F)nnc2n1. The minimum Gasteiger partial charge on any atom is -0.355 e. The van der Waals surface area contributed by atoms with Crippen molar-refractivity contribution in [2.75, 3.05) is 36.5 Å². The van der Waals surface area contributed by atoms with Gasteiger partial charge in [0.15, 0.2) is 5.16 Å². The summed E-state index contributed by atoms with van der Waals surface area (Å²) in [5.74, 6) is 0.805. The topological polar surface area (TPSA) is 100 Å². The van der Waals surface area contributed by atoms with Gasteiger partial charge in [0.2, 0.25) is 17.8 Å². The van der Waals surface area contributed by atoms with Crippen molar-refractivity contribution in [1.82, 2.24) is 29.5 Å². The molecule has 2 aromatic heterocycles. The smallest absolute Gasteiger partial charge is 0.355 e. The molecule has 9 nitrogen and oxygen atoms in total. The fourth-order valence-corrected chi connectivity index (χ4v) is 3.78. The normalized spacial score (nSPS) is 11.6. The Bertz CT molecular complexity index is 1090. The standard InChI is InChI=1S/C19H23F3N8OS/c1-4-23-15-25-16(24-5-2)30-17(26-15)27-28-18(30)32-11-14(31)29(3)10-12-8-6-7-9-13(12)19(20,21)22/h6-9H,4-5,10-11H2,1-3H3,(H2,23,24,25,26,27). The van der Waals surface area contributed by atoms with E-state index in [0.717, 1.165) is 17.8 Å². The Morgan fingerprint density at radius 2 is 1.84 bits per heavy atom. The molecule has 1 amide bonds. The monoisotopic (exact) mass is 468 g/mol. The first kappa shape index (κ1) is 23.6. The molecule has 0 atom stereocenters. The average Bonchev–Trinajstić information content (AvgIpc) is 3.15. The summed E-state index contributed by atoms with van der Waals surface area (Å²) < 4.78 is 41.2. The molecule has 0 spiro atoms. The second-order valence-corrected chi connectivity index (χ2v) is 7.69. The molecule has 2 heterocycles. The lowest BCUT2D eigenvalue weighted by molar-refractivity contribution is -0.139. The highest BCUT2D eigenvalue weighted by Gasteiger charge is 2.33. The van der Waals surface area contributed by atoms with Crippen LogP contribution in [-0.4, -0.2) is 61.3 Å². The van der Waals surface area contributed by atoms with Crippen LogP contribution in [0.4, 0.5) is 25.1 Å². The van der Waals surface area contributed by atoms with Gasteiger partial charge in [-0.15, -0.1) is 10.2 Å². The Hall–Kier alpha value is -3.09. The first-order valence-electron chi connectivity index (χ1n) is 9.87. The van der Waals surface area contributed by atoms with Gasteiger partial charge in [-0.2, -0.15) is 23.1 Å². The molecular weight excluding hydrogens is 445 g/mol. The summed E-state index contributed by atoms with van der Waals surface area (Å²) >= 11 is 1.11. The van der Waals surface area contributed by atoms with E-state index in [-0.39, 0.29) is 23.8 Å². The molecule has 0 fully saturated rings. The fraction of sp³-hybridized carbons (Fsp3) is 0.421. The lowest BCUT2D eigenvalue weighted by Gasteiger charge is -2.20. The van der Waals surface area contributed by atoms with Crippen molar-refractivity contribution in [3.63, 3.8) is 0 Å². The molecule has 0 aliphatic heterocycles. The van der Waals surface area contributed by atoms with Crippen molar-refractivity contribution < 1.29 is 18.0 Å². The van der Waals surface area contributed by atoms with Gasteiger partial charge in [0, 0.05) is 26.7 Å². The second-order valence-electron chi connectivity index (χ2n) is 6.74. The summed E-state index contributed by atoms with van der Waals surface area (Å²) in [6, 6.07) is 5.22. The molecule has 0 saturated carbocycles. The van der Waals surface area contributed by atoms with E-state index in [4.69, 9.17) is 0 Å². The van der Waals surface area contributed by atoms with Gasteiger partial charge in [0.1, 0.15) is 0 Å². The summed E-state index contributed by atoms with van der Waals surface area (Å²) in [7, 11) is 1.47. The van der Waals surface area contributed by atoms with Gasteiger partial charge in [0.05, 0.1) is 11.3 Å². The van der Waals surface area contributed by atoms with E-state index in [0.29, 0.717) is 35.9 Å². The van der Waals surface area contributed by atoms with Crippen LogP contribution in [0.1, 0.15) is 25.0 Å². The molecule has 3 aromatic rings. The van der Waals surface area contributed by atoms with Crippen LogP contribution >= 0.6 is 11.8 Å². The Labute approximate surface area is 186 Å². The number of amides is 1. The number of benzene rings is 1. The summed E-state index contributed by atoms with van der Waals surface area (Å²) in [5, 5.41) is 14.7. The van der Waals surface area contributed by atoms with E-state index >= 15 is 0 Å². The number of hydrogen-bond donors (Lipinski definition) is 2. The largest absolute Gasteiger partial charge is 0.416 e. The zero-order valence-electron chi connectivity index (χ0n) is 17.8. The van der Waals surface area contributed by atoms with Gasteiger partial charge in [-0.25, -0.2) is 4.40 Å². The maximum absolute atomic E-state index is 13.2. The lowest BCUT2D eigenvalue weighted by atomic mass is 10.1. The summed E-state index contributed by atoms with van der Waals surface area (Å²) in [6.45, 7) is 4.90. The maximum atomic E-state index is 13.2. The van der Waals surface area contributed by atoms with E-state index in [2.05, 4.69) is 30.8 Å². The van der Waals surface area contributed by atoms with E-state index < -0.39 is 11.7 Å². The highest BCUT2D eigenvalue weighted by molar-refractivity contribution is 7.99. The quantitative estimate of drug-likeness (QED) is 0.462. The number of fused-ring (bicyclic) bond motifs is 1. The van der Waals surface area contributed by atoms with Crippen molar-refractivity contribution >= 4 is 35.3 Å². The van der Waals surface area contributed by atoms with Crippen molar-refractivity contribution in [3.05, 3.63) is 35.4 Å². The fourth-order valence-electron chi connectivity index (χ4n) is 2.91. The molecule has 1 aromatic carbocycles. The molecule has 0 aliphatic carbocycles. The number of anilines is 2. The maximum Gasteiger partial charge on any atom is 0.416 e. The second kappa shape index (κ2) is 10.0. The zero-order valence-corrected chi connectivity index (χ0v) is 18.6. The molecule has 172 valence electrons. The van der Waals surface area contributed by atoms with Crippen LogP contribution in [0.15, 0.2) is 29.4 Å². The highest BCUT2D eigenvalue weighted by atomic mass is 32.2. The third-order valence-corrected chi connectivity index (χ3v) is 5.31. The minimum absolute atomic E-state index is 0.0348. The summed E-state index contributed by atoms with van der Waals surface area (Å²) in [5.41, 5.74) is -0.716. The van der Waals surface area contributed by atoms with Crippen LogP contribution in [0, 0.1) is 0 Å². The third kappa shape index (κ3) is 5.39. The Morgan fingerprint density at radius 3 is 2.53 bits per heavy atom. The zero-order chi connectivity index (χ0) is 23.3. The van der Waals surface area contributed by atoms with Gasteiger partial charge in [0.25, 0.3) is 5.78 Å². The lowest BCUT2D eigenvalue weighted by Crippen LogP contribution is -2.29. The van der Waals surface area contributed by atoms with Crippen LogP contribution in [0.3, 0.4) is 0 Å². The third-order valence-electron chi connectivity index (χ3n) is 4.40. The Kier molecular flexibility index (Phi) is 7.38. The number of carbonyl (C=O) groups excluding carboxylic acids is 1. The van der Waals surface area contributed by atoms with Crippen LogP contribution < -0.4 is 10.6 Å². The number of alkyl halides is 3. The number of aromatic nitrogens is 5. The van der Waals surface area contributed by atoms with Crippen LogP contribution in [-0.2, 0) is 17.5 Å². The number of nitrogens with zero attached hydrogens (tertiary/aromatic N) is 6. The number of carbonyl (C=O) groups is 1. The van der Waals surface area contributed by atoms with Crippen molar-refractivity contribution in [1.29, 1.82) is 0 Å². The van der Waals surface area contributed by atoms with E-state index in [1.54, 1.807) is 4.40 Å². The van der Waals surface area contributed by atoms with Crippen molar-refractivity contribution in [2.24, 2.45) is 0 Å². The predicted octanol–water partition coefficient (Wildman–Crippen LogP) is 3.15. The Morgan fingerprint density at radius 1 is 1.12 bits per heavy atom. The van der Waals surface area contributed by atoms with Gasteiger partial charge >= 0.3 is 6.18 Å². The molecule has 0 bridgehead atoms. The molecule has 0 radical (unpaired) electrons. The average molecular weight is 469 g/mol. The van der Waals surface area contributed by atoms with Crippen molar-refractivity contribution in [2.45, 2.75) is 31.7 Å². The molecule has 0 unspecified atom stereocenters. The molecule has 2 N–H and O–H groups in total. The van der Waals surface area contributed by atoms with E-state index in [9.17, 15) is 18.0 Å². The van der Waals surface area contributed by atoms with Crippen LogP contribution in [0.5, 0.6) is 0 Å². The van der Waals surface area contributed by atoms with Gasteiger partial charge in [-0.3, -0.25) is 4.79 Å². The number of hydrogen-bond acceptors (Lipinski definition) is 8. The molecule has 32 heavy (non-hydrogen) atoms. The Balaban J connectivity index is 1.73. The van der Waals surface area contributed by atoms with Gasteiger partial charge in [-0.05, 0) is 25.5 Å². The van der Waals surface area contributed by atoms with Gasteiger partial charge < -0.3 is 15.5 Å². The first-order valence-corrected chi connectivity index (χ1v) is 10.9. The van der Waals surface area contributed by atoms with Crippen molar-refractivity contribution in [3.8, 4) is 0 Å². The van der Waals surface area contributed by atoms with Gasteiger partial charge in [-0.1, -0.05) is 30.0 Å². The van der Waals surface area contributed by atoms with E-state index in [1.807, 2.05) is 13.8 Å². The predicted molar refractivity (Wildman–Crippen MR) is 116 cm³/mol. The summed E-state index contributed by atoms with van der Waals surface area (Å²) in [6.07, 6.45) is -4.48.